The number of aromatic nitrogens is 2. The number of aromatic amines is 1. The van der Waals surface area contributed by atoms with Gasteiger partial charge in [0.25, 0.3) is 5.56 Å². The second kappa shape index (κ2) is 25.5. The molecule has 3 aromatic carbocycles. The zero-order valence-electron chi connectivity index (χ0n) is 40.3. The Labute approximate surface area is 413 Å². The molecule has 0 aliphatic carbocycles. The standard InChI is InChI=1S/C52H68N6O11S/c1-4-5-6-15-31-58(45(61)20-11-8-14-30-53-43(59)19-13-12-18-42-46-40(34-70-42)54-50(63)56-46)69-48-41(68-49(47(48)62)57-32-29-44(60)55-51(57)64)33-67-52(35-16-9-7-10-17-35,36-21-25-38(65-2)26-22-36)37-23-27-39(66-3)28-24-37/h7,9-10,16-17,21-29,32,40-42,46-49,62H,4-6,8,11-15,18-20,30-31,33-34H2,1-3H3,(H,53,59)(H2,54,56,63)(H,55,60,64)/t40-,41+,42-,46-,47+,48+,49+/m0/s1. The Hall–Kier alpha value is -5.66. The van der Waals surface area contributed by atoms with Crippen molar-refractivity contribution in [3.63, 3.8) is 0 Å². The van der Waals surface area contributed by atoms with Crippen molar-refractivity contribution in [2.75, 3.05) is 39.7 Å². The first kappa shape index (κ1) is 52.2. The van der Waals surface area contributed by atoms with E-state index in [4.69, 9.17) is 23.8 Å². The molecule has 0 bridgehead atoms. The molecule has 5 N–H and O–H groups in total. The molecular formula is C52H68N6O11S. The van der Waals surface area contributed by atoms with Gasteiger partial charge in [0.1, 0.15) is 35.4 Å². The van der Waals surface area contributed by atoms with Crippen LogP contribution in [0.5, 0.6) is 11.5 Å². The molecule has 0 spiro atoms. The number of amides is 4. The van der Waals surface area contributed by atoms with Crippen LogP contribution in [0, 0.1) is 0 Å². The van der Waals surface area contributed by atoms with E-state index < -0.39 is 41.4 Å². The Balaban J connectivity index is 1.04. The molecule has 3 saturated heterocycles. The van der Waals surface area contributed by atoms with Gasteiger partial charge in [-0.2, -0.15) is 11.8 Å². The predicted molar refractivity (Wildman–Crippen MR) is 266 cm³/mol. The molecule has 1 aromatic heterocycles. The minimum absolute atomic E-state index is 0.00262. The lowest BCUT2D eigenvalue weighted by atomic mass is 9.80. The zero-order chi connectivity index (χ0) is 49.5. The van der Waals surface area contributed by atoms with Gasteiger partial charge < -0.3 is 40.0 Å². The van der Waals surface area contributed by atoms with Crippen LogP contribution < -0.4 is 36.7 Å². The van der Waals surface area contributed by atoms with E-state index >= 15 is 0 Å². The van der Waals surface area contributed by atoms with Crippen molar-refractivity contribution in [2.45, 2.75) is 131 Å². The van der Waals surface area contributed by atoms with Gasteiger partial charge in [-0.3, -0.25) is 28.8 Å². The van der Waals surface area contributed by atoms with Gasteiger partial charge in [-0.05, 0) is 73.1 Å². The van der Waals surface area contributed by atoms with Crippen molar-refractivity contribution in [3.05, 3.63) is 129 Å². The summed E-state index contributed by atoms with van der Waals surface area (Å²) in [5.74, 6) is 1.94. The molecule has 4 heterocycles. The molecule has 7 rings (SSSR count). The summed E-state index contributed by atoms with van der Waals surface area (Å²) in [6.45, 7) is 2.67. The van der Waals surface area contributed by atoms with Gasteiger partial charge in [-0.25, -0.2) is 14.7 Å². The fourth-order valence-corrected chi connectivity index (χ4v) is 11.0. The molecule has 7 atom stereocenters. The molecule has 0 unspecified atom stereocenters. The summed E-state index contributed by atoms with van der Waals surface area (Å²) < 4.78 is 25.8. The highest BCUT2D eigenvalue weighted by Gasteiger charge is 2.50. The summed E-state index contributed by atoms with van der Waals surface area (Å²) in [6.07, 6.45) is 4.86. The number of benzene rings is 3. The number of rotatable bonds is 27. The maximum atomic E-state index is 14.1. The van der Waals surface area contributed by atoms with Gasteiger partial charge in [0.2, 0.25) is 11.8 Å². The smallest absolute Gasteiger partial charge is 0.330 e. The fourth-order valence-electron chi connectivity index (χ4n) is 9.48. The van der Waals surface area contributed by atoms with E-state index in [1.807, 2.05) is 90.6 Å². The molecule has 3 aliphatic rings. The molecule has 0 saturated carbocycles. The summed E-state index contributed by atoms with van der Waals surface area (Å²) in [7, 11) is 3.19. The van der Waals surface area contributed by atoms with Crippen molar-refractivity contribution in [1.29, 1.82) is 0 Å². The van der Waals surface area contributed by atoms with E-state index in [-0.39, 0.29) is 49.5 Å². The summed E-state index contributed by atoms with van der Waals surface area (Å²) in [4.78, 5) is 72.6. The van der Waals surface area contributed by atoms with Crippen molar-refractivity contribution < 1.29 is 43.3 Å². The highest BCUT2D eigenvalue weighted by Crippen LogP contribution is 2.43. The van der Waals surface area contributed by atoms with E-state index in [1.165, 1.54) is 17.3 Å². The molecule has 3 fully saturated rings. The second-order valence-corrected chi connectivity index (χ2v) is 19.3. The minimum atomic E-state index is -1.49. The normalized spacial score (nSPS) is 21.7. The van der Waals surface area contributed by atoms with Crippen molar-refractivity contribution in [1.82, 2.24) is 30.6 Å². The molecule has 18 heteroatoms. The average molecular weight is 985 g/mol. The Morgan fingerprint density at radius 1 is 0.829 bits per heavy atom. The number of hydroxylamine groups is 2. The fraction of sp³-hybridized carbons (Fsp3) is 0.519. The lowest BCUT2D eigenvalue weighted by Gasteiger charge is -2.37. The topological polar surface area (TPSA) is 212 Å². The van der Waals surface area contributed by atoms with Crippen LogP contribution in [-0.2, 0) is 29.5 Å². The minimum Gasteiger partial charge on any atom is -0.497 e. The average Bonchev–Trinajstić information content (AvgIpc) is 4.04. The van der Waals surface area contributed by atoms with Gasteiger partial charge in [-0.1, -0.05) is 93.6 Å². The highest BCUT2D eigenvalue weighted by atomic mass is 32.2. The Morgan fingerprint density at radius 3 is 2.17 bits per heavy atom. The Kier molecular flexibility index (Phi) is 19.0. The van der Waals surface area contributed by atoms with E-state index in [0.717, 1.165) is 65.5 Å². The number of aliphatic hydroxyl groups is 1. The maximum absolute atomic E-state index is 14.1. The van der Waals surface area contributed by atoms with Crippen LogP contribution in [0.3, 0.4) is 0 Å². The molecule has 17 nitrogen and oxygen atoms in total. The van der Waals surface area contributed by atoms with Crippen LogP contribution in [0.2, 0.25) is 0 Å². The molecule has 0 radical (unpaired) electrons. The van der Waals surface area contributed by atoms with E-state index in [0.29, 0.717) is 55.4 Å². The number of thioether (sulfide) groups is 1. The van der Waals surface area contributed by atoms with Crippen LogP contribution in [-0.4, -0.2) is 113 Å². The van der Waals surface area contributed by atoms with Gasteiger partial charge >= 0.3 is 11.7 Å². The van der Waals surface area contributed by atoms with Crippen LogP contribution in [0.1, 0.15) is 107 Å². The van der Waals surface area contributed by atoms with Gasteiger partial charge in [0.15, 0.2) is 6.23 Å². The van der Waals surface area contributed by atoms with E-state index in [1.54, 1.807) is 14.2 Å². The first-order valence-electron chi connectivity index (χ1n) is 24.6. The third-order valence-corrected chi connectivity index (χ3v) is 14.8. The number of hydrogen-bond acceptors (Lipinski definition) is 12. The first-order valence-corrected chi connectivity index (χ1v) is 25.7. The Bertz CT molecular complexity index is 2370. The highest BCUT2D eigenvalue weighted by molar-refractivity contribution is 8.00. The summed E-state index contributed by atoms with van der Waals surface area (Å²) >= 11 is 1.87. The van der Waals surface area contributed by atoms with Gasteiger partial charge in [0.05, 0.1) is 32.9 Å². The zero-order valence-corrected chi connectivity index (χ0v) is 41.2. The number of H-pyrrole nitrogens is 1. The number of fused-ring (bicyclic) bond motifs is 1. The van der Waals surface area contributed by atoms with Gasteiger partial charge in [-0.15, -0.1) is 0 Å². The number of hydrogen-bond donors (Lipinski definition) is 5. The number of urea groups is 1. The third kappa shape index (κ3) is 13.0. The van der Waals surface area contributed by atoms with E-state index in [9.17, 15) is 29.1 Å². The van der Waals surface area contributed by atoms with Crippen LogP contribution in [0.25, 0.3) is 0 Å². The van der Waals surface area contributed by atoms with Crippen molar-refractivity contribution in [3.8, 4) is 11.5 Å². The van der Waals surface area contributed by atoms with Gasteiger partial charge in [0, 0.05) is 49.2 Å². The van der Waals surface area contributed by atoms with Crippen LogP contribution >= 0.6 is 11.8 Å². The van der Waals surface area contributed by atoms with Crippen molar-refractivity contribution in [2.24, 2.45) is 0 Å². The number of nitrogens with one attached hydrogen (secondary N) is 4. The SMILES string of the molecule is CCCCCCN(O[C@H]1[C@@H](O)[C@H](n2ccc(=O)[nH]c2=O)O[C@@H]1COC(c1ccccc1)(c1ccc(OC)cc1)c1ccc(OC)cc1)C(=O)CCCCCNC(=O)CCCC[C@@H]1SC[C@@H]2NC(=O)N[C@@H]21. The molecule has 4 amide bonds. The largest absolute Gasteiger partial charge is 0.497 e. The number of ether oxygens (including phenoxy) is 4. The van der Waals surface area contributed by atoms with E-state index in [2.05, 4.69) is 27.9 Å². The quantitative estimate of drug-likeness (QED) is 0.0204. The third-order valence-electron chi connectivity index (χ3n) is 13.3. The summed E-state index contributed by atoms with van der Waals surface area (Å²) in [5, 5.41) is 22.8. The summed E-state index contributed by atoms with van der Waals surface area (Å²) in [5.41, 5.74) is -0.363. The molecular weight excluding hydrogens is 917 g/mol. The maximum Gasteiger partial charge on any atom is 0.330 e. The lowest BCUT2D eigenvalue weighted by molar-refractivity contribution is -0.229. The molecule has 3 aliphatic heterocycles. The van der Waals surface area contributed by atoms with Crippen LogP contribution in [0.15, 0.2) is 101 Å². The van der Waals surface area contributed by atoms with Crippen LogP contribution in [0.4, 0.5) is 4.79 Å². The monoisotopic (exact) mass is 984 g/mol. The number of carbonyl (C=O) groups excluding carboxylic acids is 3. The first-order chi connectivity index (χ1) is 34.0. The molecule has 378 valence electrons. The number of unbranched alkanes of at least 4 members (excludes halogenated alkanes) is 6. The second-order valence-electron chi connectivity index (χ2n) is 18.0. The number of carbonyl (C=O) groups is 3. The van der Waals surface area contributed by atoms with Crippen molar-refractivity contribution >= 4 is 29.6 Å². The molecule has 70 heavy (non-hydrogen) atoms. The lowest BCUT2D eigenvalue weighted by Crippen LogP contribution is -2.46. The predicted octanol–water partition coefficient (Wildman–Crippen LogP) is 5.93. The number of nitrogens with zero attached hydrogens (tertiary/aromatic N) is 2. The molecule has 4 aromatic rings. The number of methoxy groups -OCH3 is 2. The number of aliphatic hydroxyl groups excluding tert-OH is 1. The Morgan fingerprint density at radius 2 is 1.50 bits per heavy atom. The summed E-state index contributed by atoms with van der Waals surface area (Å²) in [6, 6.07) is 26.2.